The van der Waals surface area contributed by atoms with Crippen LogP contribution in [0.15, 0.2) is 36.7 Å². The van der Waals surface area contributed by atoms with Gasteiger partial charge in [-0.1, -0.05) is 0 Å². The van der Waals surface area contributed by atoms with Gasteiger partial charge in [0.05, 0.1) is 22.4 Å². The number of pyridine rings is 2. The lowest BCUT2D eigenvalue weighted by Gasteiger charge is -2.19. The van der Waals surface area contributed by atoms with Gasteiger partial charge in [-0.3, -0.25) is 9.97 Å². The summed E-state index contributed by atoms with van der Waals surface area (Å²) in [5.41, 5.74) is 3.98. The Bertz CT molecular complexity index is 741. The van der Waals surface area contributed by atoms with Gasteiger partial charge in [0.1, 0.15) is 5.66 Å². The molecule has 0 bridgehead atoms. The normalized spacial score (nSPS) is 16.1. The van der Waals surface area contributed by atoms with Crippen LogP contribution in [0.4, 0.5) is 11.4 Å². The first kappa shape index (κ1) is 10.6. The van der Waals surface area contributed by atoms with E-state index in [9.17, 15) is 0 Å². The summed E-state index contributed by atoms with van der Waals surface area (Å²) >= 11 is 0. The fraction of sp³-hybridized carbons (Fsp3) is 0.200. The Morgan fingerprint density at radius 2 is 1.32 bits per heavy atom. The maximum absolute atomic E-state index is 4.50. The molecule has 3 heterocycles. The van der Waals surface area contributed by atoms with Gasteiger partial charge in [0, 0.05) is 23.2 Å². The molecule has 2 aromatic heterocycles. The van der Waals surface area contributed by atoms with E-state index in [2.05, 4.69) is 46.6 Å². The van der Waals surface area contributed by atoms with Crippen molar-refractivity contribution in [2.24, 2.45) is 0 Å². The molecule has 2 N–H and O–H groups in total. The first-order valence-corrected chi connectivity index (χ1v) is 6.37. The third-order valence-electron chi connectivity index (χ3n) is 3.50. The minimum Gasteiger partial charge on any atom is -0.361 e. The van der Waals surface area contributed by atoms with E-state index in [4.69, 9.17) is 0 Å². The molecule has 4 nitrogen and oxygen atoms in total. The van der Waals surface area contributed by atoms with Crippen molar-refractivity contribution in [2.75, 3.05) is 10.6 Å². The zero-order valence-corrected chi connectivity index (χ0v) is 10.9. The number of fused-ring (bicyclic) bond motifs is 6. The molecule has 0 saturated heterocycles. The van der Waals surface area contributed by atoms with Crippen LogP contribution in [0.2, 0.25) is 0 Å². The van der Waals surface area contributed by atoms with Crippen LogP contribution in [-0.2, 0) is 0 Å². The molecule has 1 aromatic carbocycles. The molecule has 1 aliphatic heterocycles. The largest absolute Gasteiger partial charge is 0.361 e. The van der Waals surface area contributed by atoms with Gasteiger partial charge < -0.3 is 10.6 Å². The van der Waals surface area contributed by atoms with Crippen LogP contribution in [-0.4, -0.2) is 15.6 Å². The highest BCUT2D eigenvalue weighted by Crippen LogP contribution is 2.44. The Morgan fingerprint density at radius 1 is 0.842 bits per heavy atom. The van der Waals surface area contributed by atoms with Gasteiger partial charge in [0.25, 0.3) is 0 Å². The average molecular weight is 250 g/mol. The molecule has 19 heavy (non-hydrogen) atoms. The summed E-state index contributed by atoms with van der Waals surface area (Å²) in [5, 5.41) is 9.29. The standard InChI is InChI=1S/C15H14N4/c1-15(2)18-13-9-5-3-7-16-11(9)12-10(14(13)19-15)6-4-8-17-12/h3-8,18-19H,1-2H3. The third-order valence-corrected chi connectivity index (χ3v) is 3.50. The molecule has 0 spiro atoms. The number of nitrogens with zero attached hydrogens (tertiary/aromatic N) is 2. The van der Waals surface area contributed by atoms with Crippen LogP contribution < -0.4 is 10.6 Å². The summed E-state index contributed by atoms with van der Waals surface area (Å²) in [6.07, 6.45) is 3.63. The number of nitrogens with one attached hydrogen (secondary N) is 2. The van der Waals surface area contributed by atoms with E-state index in [0.29, 0.717) is 0 Å². The highest BCUT2D eigenvalue weighted by Gasteiger charge is 2.30. The second-order valence-corrected chi connectivity index (χ2v) is 5.42. The van der Waals surface area contributed by atoms with Crippen molar-refractivity contribution in [1.29, 1.82) is 0 Å². The van der Waals surface area contributed by atoms with E-state index in [1.165, 1.54) is 0 Å². The predicted octanol–water partition coefficient (Wildman–Crippen LogP) is 3.36. The minimum absolute atomic E-state index is 0.158. The van der Waals surface area contributed by atoms with Gasteiger partial charge >= 0.3 is 0 Å². The Morgan fingerprint density at radius 3 is 1.79 bits per heavy atom. The zero-order valence-electron chi connectivity index (χ0n) is 10.9. The van der Waals surface area contributed by atoms with Crippen molar-refractivity contribution >= 4 is 33.2 Å². The summed E-state index contributed by atoms with van der Waals surface area (Å²) < 4.78 is 0. The number of anilines is 2. The third kappa shape index (κ3) is 1.40. The van der Waals surface area contributed by atoms with E-state index >= 15 is 0 Å². The van der Waals surface area contributed by atoms with E-state index in [1.807, 2.05) is 24.5 Å². The molecule has 0 radical (unpaired) electrons. The van der Waals surface area contributed by atoms with Crippen LogP contribution in [0, 0.1) is 0 Å². The summed E-state index contributed by atoms with van der Waals surface area (Å²) in [6.45, 7) is 4.24. The Hall–Kier alpha value is -2.36. The number of hydrogen-bond acceptors (Lipinski definition) is 4. The number of aromatic nitrogens is 2. The molecule has 0 amide bonds. The molecular formula is C15H14N4. The first-order chi connectivity index (χ1) is 9.16. The Labute approximate surface area is 110 Å². The highest BCUT2D eigenvalue weighted by molar-refractivity contribution is 6.18. The fourth-order valence-electron chi connectivity index (χ4n) is 2.78. The van der Waals surface area contributed by atoms with E-state index < -0.39 is 0 Å². The van der Waals surface area contributed by atoms with Crippen molar-refractivity contribution in [3.05, 3.63) is 36.7 Å². The SMILES string of the molecule is CC1(C)Nc2c(c3cccnc3c3ncccc23)N1. The predicted molar refractivity (Wildman–Crippen MR) is 78.4 cm³/mol. The van der Waals surface area contributed by atoms with Crippen molar-refractivity contribution in [2.45, 2.75) is 19.5 Å². The smallest absolute Gasteiger partial charge is 0.102 e. The summed E-state index contributed by atoms with van der Waals surface area (Å²) in [4.78, 5) is 9.01. The summed E-state index contributed by atoms with van der Waals surface area (Å²) in [5.74, 6) is 0. The quantitative estimate of drug-likeness (QED) is 0.601. The van der Waals surface area contributed by atoms with Gasteiger partial charge in [-0.25, -0.2) is 0 Å². The molecule has 0 fully saturated rings. The zero-order chi connectivity index (χ0) is 13.0. The lowest BCUT2D eigenvalue weighted by atomic mass is 10.1. The van der Waals surface area contributed by atoms with Crippen LogP contribution in [0.1, 0.15) is 13.8 Å². The van der Waals surface area contributed by atoms with Crippen molar-refractivity contribution in [1.82, 2.24) is 9.97 Å². The van der Waals surface area contributed by atoms with E-state index in [0.717, 1.165) is 33.2 Å². The van der Waals surface area contributed by atoms with E-state index in [1.54, 1.807) is 0 Å². The molecule has 4 rings (SSSR count). The molecule has 94 valence electrons. The van der Waals surface area contributed by atoms with Crippen molar-refractivity contribution in [3.63, 3.8) is 0 Å². The van der Waals surface area contributed by atoms with Crippen LogP contribution in [0.5, 0.6) is 0 Å². The molecule has 0 saturated carbocycles. The highest BCUT2D eigenvalue weighted by atomic mass is 15.2. The molecule has 0 atom stereocenters. The Balaban J connectivity index is 2.24. The summed E-state index contributed by atoms with van der Waals surface area (Å²) in [6, 6.07) is 8.10. The molecule has 0 aliphatic carbocycles. The van der Waals surface area contributed by atoms with Gasteiger partial charge in [0.15, 0.2) is 0 Å². The first-order valence-electron chi connectivity index (χ1n) is 6.37. The van der Waals surface area contributed by atoms with Gasteiger partial charge in [-0.15, -0.1) is 0 Å². The minimum atomic E-state index is -0.158. The molecule has 1 aliphatic rings. The van der Waals surface area contributed by atoms with E-state index in [-0.39, 0.29) is 5.66 Å². The van der Waals surface area contributed by atoms with Crippen LogP contribution in [0.3, 0.4) is 0 Å². The van der Waals surface area contributed by atoms with Gasteiger partial charge in [-0.2, -0.15) is 0 Å². The van der Waals surface area contributed by atoms with Gasteiger partial charge in [-0.05, 0) is 38.1 Å². The number of benzene rings is 1. The lowest BCUT2D eigenvalue weighted by molar-refractivity contribution is 0.676. The maximum atomic E-state index is 4.50. The fourth-order valence-corrected chi connectivity index (χ4v) is 2.78. The number of rotatable bonds is 0. The molecular weight excluding hydrogens is 236 g/mol. The topological polar surface area (TPSA) is 49.8 Å². The van der Waals surface area contributed by atoms with Crippen molar-refractivity contribution < 1.29 is 0 Å². The van der Waals surface area contributed by atoms with Crippen LogP contribution >= 0.6 is 0 Å². The monoisotopic (exact) mass is 250 g/mol. The van der Waals surface area contributed by atoms with Crippen LogP contribution in [0.25, 0.3) is 21.8 Å². The summed E-state index contributed by atoms with van der Waals surface area (Å²) in [7, 11) is 0. The van der Waals surface area contributed by atoms with Gasteiger partial charge in [0.2, 0.25) is 0 Å². The maximum Gasteiger partial charge on any atom is 0.102 e. The lowest BCUT2D eigenvalue weighted by Crippen LogP contribution is -2.33. The number of hydrogen-bond donors (Lipinski definition) is 2. The molecule has 4 heteroatoms. The Kier molecular flexibility index (Phi) is 1.86. The molecule has 3 aromatic rings. The second kappa shape index (κ2) is 3.35. The second-order valence-electron chi connectivity index (χ2n) is 5.42. The van der Waals surface area contributed by atoms with Crippen molar-refractivity contribution in [3.8, 4) is 0 Å². The molecule has 0 unspecified atom stereocenters. The average Bonchev–Trinajstić information content (AvgIpc) is 2.75.